The van der Waals surface area contributed by atoms with Crippen molar-refractivity contribution in [2.24, 2.45) is 0 Å². The van der Waals surface area contributed by atoms with Gasteiger partial charge in [0.05, 0.1) is 13.2 Å². The molecule has 0 atom stereocenters. The van der Waals surface area contributed by atoms with E-state index < -0.39 is 0 Å². The van der Waals surface area contributed by atoms with Crippen molar-refractivity contribution in [2.75, 3.05) is 13.2 Å². The van der Waals surface area contributed by atoms with Gasteiger partial charge in [0.15, 0.2) is 0 Å². The Kier molecular flexibility index (Phi) is 5.97. The predicted molar refractivity (Wildman–Crippen MR) is 76.1 cm³/mol. The standard InChI is InChI=1S/C17H19O2/c1-3-9-16(10-4-1)15-18-13-7-8-14-19-17-11-5-2-6-12-17/h1-5,9-12H,7-8,13-15H2. The highest BCUT2D eigenvalue weighted by Gasteiger charge is 1.94. The van der Waals surface area contributed by atoms with Crippen LogP contribution in [0, 0.1) is 6.07 Å². The molecule has 0 fully saturated rings. The van der Waals surface area contributed by atoms with Crippen molar-refractivity contribution in [2.45, 2.75) is 19.4 Å². The Balaban J connectivity index is 1.49. The summed E-state index contributed by atoms with van der Waals surface area (Å²) in [6, 6.07) is 20.8. The minimum absolute atomic E-state index is 0.690. The van der Waals surface area contributed by atoms with E-state index in [1.54, 1.807) is 0 Å². The molecule has 0 amide bonds. The Morgan fingerprint density at radius 1 is 0.895 bits per heavy atom. The van der Waals surface area contributed by atoms with Crippen LogP contribution in [0.2, 0.25) is 0 Å². The van der Waals surface area contributed by atoms with Gasteiger partial charge in [-0.15, -0.1) is 0 Å². The van der Waals surface area contributed by atoms with Crippen molar-refractivity contribution in [1.29, 1.82) is 0 Å². The van der Waals surface area contributed by atoms with Gasteiger partial charge in [-0.1, -0.05) is 42.5 Å². The molecule has 0 N–H and O–H groups in total. The lowest BCUT2D eigenvalue weighted by Crippen LogP contribution is -2.01. The maximum absolute atomic E-state index is 5.61. The molecule has 2 aromatic carbocycles. The lowest BCUT2D eigenvalue weighted by molar-refractivity contribution is 0.113. The van der Waals surface area contributed by atoms with Gasteiger partial charge in [0.25, 0.3) is 0 Å². The summed E-state index contributed by atoms with van der Waals surface area (Å²) < 4.78 is 11.2. The molecule has 2 aromatic rings. The van der Waals surface area contributed by atoms with E-state index in [4.69, 9.17) is 9.47 Å². The third-order valence-electron chi connectivity index (χ3n) is 2.74. The average molecular weight is 255 g/mol. The lowest BCUT2D eigenvalue weighted by Gasteiger charge is -2.06. The zero-order valence-corrected chi connectivity index (χ0v) is 11.0. The van der Waals surface area contributed by atoms with E-state index in [0.717, 1.165) is 31.8 Å². The summed E-state index contributed by atoms with van der Waals surface area (Å²) in [5.74, 6) is 0.882. The van der Waals surface area contributed by atoms with Crippen molar-refractivity contribution in [3.63, 3.8) is 0 Å². The van der Waals surface area contributed by atoms with E-state index >= 15 is 0 Å². The Hall–Kier alpha value is -1.80. The van der Waals surface area contributed by atoms with Gasteiger partial charge in [0.2, 0.25) is 0 Å². The number of benzene rings is 2. The molecule has 2 rings (SSSR count). The van der Waals surface area contributed by atoms with Gasteiger partial charge in [-0.3, -0.25) is 0 Å². The number of hydrogen-bond acceptors (Lipinski definition) is 2. The van der Waals surface area contributed by atoms with Gasteiger partial charge < -0.3 is 9.47 Å². The molecule has 0 saturated heterocycles. The second-order valence-electron chi connectivity index (χ2n) is 4.33. The second-order valence-corrected chi connectivity index (χ2v) is 4.33. The predicted octanol–water partition coefficient (Wildman–Crippen LogP) is 3.86. The first kappa shape index (κ1) is 13.6. The van der Waals surface area contributed by atoms with Crippen molar-refractivity contribution >= 4 is 0 Å². The molecule has 19 heavy (non-hydrogen) atoms. The van der Waals surface area contributed by atoms with Gasteiger partial charge >= 0.3 is 0 Å². The van der Waals surface area contributed by atoms with Crippen LogP contribution in [0.15, 0.2) is 54.6 Å². The molecule has 0 bridgehead atoms. The topological polar surface area (TPSA) is 18.5 Å². The smallest absolute Gasteiger partial charge is 0.119 e. The van der Waals surface area contributed by atoms with E-state index in [-0.39, 0.29) is 0 Å². The Morgan fingerprint density at radius 2 is 1.74 bits per heavy atom. The van der Waals surface area contributed by atoms with Crippen LogP contribution >= 0.6 is 0 Å². The largest absolute Gasteiger partial charge is 0.494 e. The quantitative estimate of drug-likeness (QED) is 0.667. The molecule has 0 aromatic heterocycles. The molecule has 99 valence electrons. The van der Waals surface area contributed by atoms with E-state index in [9.17, 15) is 0 Å². The first-order valence-electron chi connectivity index (χ1n) is 6.66. The third-order valence-corrected chi connectivity index (χ3v) is 2.74. The minimum atomic E-state index is 0.690. The molecule has 1 radical (unpaired) electrons. The number of unbranched alkanes of at least 4 members (excludes halogenated alkanes) is 1. The van der Waals surface area contributed by atoms with Crippen LogP contribution in [0.25, 0.3) is 0 Å². The van der Waals surface area contributed by atoms with Crippen LogP contribution in [0.5, 0.6) is 5.75 Å². The SMILES string of the molecule is [c]1cccc(OCCCCOCc2ccccc2)c1. The molecule has 0 spiro atoms. The van der Waals surface area contributed by atoms with Gasteiger partial charge in [-0.25, -0.2) is 0 Å². The molecule has 0 aliphatic carbocycles. The van der Waals surface area contributed by atoms with Crippen LogP contribution in [0.4, 0.5) is 0 Å². The van der Waals surface area contributed by atoms with Crippen LogP contribution < -0.4 is 4.74 Å². The summed E-state index contributed by atoms with van der Waals surface area (Å²) in [5, 5.41) is 0. The molecule has 0 heterocycles. The summed E-state index contributed by atoms with van der Waals surface area (Å²) in [6.07, 6.45) is 2.02. The number of rotatable bonds is 8. The van der Waals surface area contributed by atoms with E-state index in [1.165, 1.54) is 5.56 Å². The molecule has 0 saturated carbocycles. The molecule has 0 aliphatic heterocycles. The normalized spacial score (nSPS) is 10.3. The Bertz CT molecular complexity index is 396. The van der Waals surface area contributed by atoms with Crippen molar-refractivity contribution in [3.8, 4) is 5.75 Å². The molecular formula is C17H19O2. The maximum Gasteiger partial charge on any atom is 0.119 e. The van der Waals surface area contributed by atoms with Crippen LogP contribution in [0.1, 0.15) is 18.4 Å². The van der Waals surface area contributed by atoms with Crippen molar-refractivity contribution in [3.05, 3.63) is 66.2 Å². The Labute approximate surface area is 115 Å². The minimum Gasteiger partial charge on any atom is -0.494 e. The molecule has 2 nitrogen and oxygen atoms in total. The van der Waals surface area contributed by atoms with Gasteiger partial charge in [0.1, 0.15) is 5.75 Å². The molecular weight excluding hydrogens is 236 g/mol. The summed E-state index contributed by atoms with van der Waals surface area (Å²) in [5.41, 5.74) is 1.22. The van der Waals surface area contributed by atoms with E-state index in [0.29, 0.717) is 6.61 Å². The highest BCUT2D eigenvalue weighted by atomic mass is 16.5. The highest BCUT2D eigenvalue weighted by molar-refractivity contribution is 5.19. The van der Waals surface area contributed by atoms with Crippen LogP contribution in [-0.4, -0.2) is 13.2 Å². The fourth-order valence-electron chi connectivity index (χ4n) is 1.73. The fourth-order valence-corrected chi connectivity index (χ4v) is 1.73. The summed E-state index contributed by atoms with van der Waals surface area (Å²) >= 11 is 0. The number of hydrogen-bond donors (Lipinski definition) is 0. The molecule has 0 aliphatic rings. The summed E-state index contributed by atoms with van der Waals surface area (Å²) in [4.78, 5) is 0. The summed E-state index contributed by atoms with van der Waals surface area (Å²) in [7, 11) is 0. The Morgan fingerprint density at radius 3 is 2.53 bits per heavy atom. The number of ether oxygens (including phenoxy) is 2. The van der Waals surface area contributed by atoms with Crippen LogP contribution in [-0.2, 0) is 11.3 Å². The van der Waals surface area contributed by atoms with Gasteiger partial charge in [-0.05, 0) is 36.6 Å². The average Bonchev–Trinajstić information content (AvgIpc) is 2.48. The van der Waals surface area contributed by atoms with E-state index in [1.807, 2.05) is 42.5 Å². The molecule has 0 unspecified atom stereocenters. The highest BCUT2D eigenvalue weighted by Crippen LogP contribution is 2.08. The second kappa shape index (κ2) is 8.33. The first-order chi connectivity index (χ1) is 9.45. The maximum atomic E-state index is 5.61. The van der Waals surface area contributed by atoms with E-state index in [2.05, 4.69) is 18.2 Å². The van der Waals surface area contributed by atoms with Gasteiger partial charge in [-0.2, -0.15) is 0 Å². The van der Waals surface area contributed by atoms with Crippen molar-refractivity contribution in [1.82, 2.24) is 0 Å². The zero-order valence-electron chi connectivity index (χ0n) is 11.0. The molecule has 2 heteroatoms. The van der Waals surface area contributed by atoms with Crippen molar-refractivity contribution < 1.29 is 9.47 Å². The monoisotopic (exact) mass is 255 g/mol. The zero-order chi connectivity index (χ0) is 13.2. The van der Waals surface area contributed by atoms with Crippen LogP contribution in [0.3, 0.4) is 0 Å². The summed E-state index contributed by atoms with van der Waals surface area (Å²) in [6.45, 7) is 2.20. The third kappa shape index (κ3) is 5.58. The van der Waals surface area contributed by atoms with Gasteiger partial charge in [0, 0.05) is 6.61 Å². The lowest BCUT2D eigenvalue weighted by atomic mass is 10.2. The fraction of sp³-hybridized carbons (Fsp3) is 0.294. The first-order valence-corrected chi connectivity index (χ1v) is 6.66.